The largest absolute Gasteiger partial charge is 0.381 e. The number of nitrogens with zero attached hydrogens (tertiary/aromatic N) is 2. The molecule has 0 aromatic carbocycles. The van der Waals surface area contributed by atoms with Crippen molar-refractivity contribution in [2.45, 2.75) is 45.1 Å². The second kappa shape index (κ2) is 8.73. The molecule has 2 atom stereocenters. The number of likely N-dealkylation sites (tertiary alicyclic amines) is 1. The average Bonchev–Trinajstić information content (AvgIpc) is 3.02. The van der Waals surface area contributed by atoms with Gasteiger partial charge in [-0.2, -0.15) is 0 Å². The van der Waals surface area contributed by atoms with Crippen molar-refractivity contribution < 1.29 is 9.53 Å². The molecule has 22 heavy (non-hydrogen) atoms. The minimum Gasteiger partial charge on any atom is -0.381 e. The maximum atomic E-state index is 12.3. The highest BCUT2D eigenvalue weighted by molar-refractivity contribution is 5.74. The molecular formula is C17H33N3O2. The Kier molecular flexibility index (Phi) is 6.96. The molecule has 2 aliphatic rings. The van der Waals surface area contributed by atoms with Gasteiger partial charge >= 0.3 is 6.03 Å². The Balaban J connectivity index is 1.64. The number of rotatable bonds is 6. The van der Waals surface area contributed by atoms with Crippen LogP contribution in [0.5, 0.6) is 0 Å². The van der Waals surface area contributed by atoms with Gasteiger partial charge in [0.15, 0.2) is 0 Å². The van der Waals surface area contributed by atoms with Gasteiger partial charge in [-0.25, -0.2) is 4.79 Å². The van der Waals surface area contributed by atoms with Crippen LogP contribution in [-0.4, -0.2) is 68.8 Å². The van der Waals surface area contributed by atoms with Crippen LogP contribution in [0.2, 0.25) is 0 Å². The maximum Gasteiger partial charge on any atom is 0.317 e. The molecule has 2 fully saturated rings. The minimum absolute atomic E-state index is 0.117. The lowest BCUT2D eigenvalue weighted by atomic mass is 9.92. The summed E-state index contributed by atoms with van der Waals surface area (Å²) in [7, 11) is 4.26. The van der Waals surface area contributed by atoms with Crippen molar-refractivity contribution in [3.8, 4) is 0 Å². The van der Waals surface area contributed by atoms with Crippen molar-refractivity contribution in [3.05, 3.63) is 0 Å². The fourth-order valence-corrected chi connectivity index (χ4v) is 3.47. The molecule has 2 saturated heterocycles. The van der Waals surface area contributed by atoms with E-state index in [0.717, 1.165) is 51.5 Å². The smallest absolute Gasteiger partial charge is 0.317 e. The molecule has 0 saturated carbocycles. The molecule has 2 aliphatic heterocycles. The van der Waals surface area contributed by atoms with Crippen LogP contribution in [-0.2, 0) is 4.74 Å². The van der Waals surface area contributed by atoms with Crippen molar-refractivity contribution in [2.24, 2.45) is 11.8 Å². The zero-order valence-electron chi connectivity index (χ0n) is 14.5. The highest BCUT2D eigenvalue weighted by Crippen LogP contribution is 2.22. The molecular weight excluding hydrogens is 278 g/mol. The molecule has 0 spiro atoms. The van der Waals surface area contributed by atoms with E-state index in [1.54, 1.807) is 0 Å². The zero-order valence-corrected chi connectivity index (χ0v) is 14.5. The molecule has 2 rings (SSSR count). The fourth-order valence-electron chi connectivity index (χ4n) is 3.47. The molecule has 1 N–H and O–H groups in total. The van der Waals surface area contributed by atoms with Gasteiger partial charge in [-0.1, -0.05) is 0 Å². The molecule has 0 aliphatic carbocycles. The molecule has 0 aromatic rings. The molecule has 0 radical (unpaired) electrons. The predicted octanol–water partition coefficient (Wildman–Crippen LogP) is 2.17. The number of carbonyl (C=O) groups is 1. The van der Waals surface area contributed by atoms with Crippen LogP contribution in [0.4, 0.5) is 4.79 Å². The fraction of sp³-hybridized carbons (Fsp3) is 0.941. The van der Waals surface area contributed by atoms with Crippen molar-refractivity contribution in [2.75, 3.05) is 46.9 Å². The quantitative estimate of drug-likeness (QED) is 0.818. The van der Waals surface area contributed by atoms with Gasteiger partial charge < -0.3 is 19.9 Å². The van der Waals surface area contributed by atoms with Crippen molar-refractivity contribution >= 4 is 6.03 Å². The van der Waals surface area contributed by atoms with E-state index in [1.165, 1.54) is 19.4 Å². The molecule has 5 nitrogen and oxygen atoms in total. The van der Waals surface area contributed by atoms with E-state index in [2.05, 4.69) is 31.2 Å². The summed E-state index contributed by atoms with van der Waals surface area (Å²) in [6, 6.07) is 0.332. The van der Waals surface area contributed by atoms with Crippen LogP contribution in [0.25, 0.3) is 0 Å². The summed E-state index contributed by atoms with van der Waals surface area (Å²) in [5.41, 5.74) is 0. The Morgan fingerprint density at radius 2 is 2.05 bits per heavy atom. The van der Waals surface area contributed by atoms with E-state index in [9.17, 15) is 4.79 Å². The summed E-state index contributed by atoms with van der Waals surface area (Å²) in [4.78, 5) is 16.6. The van der Waals surface area contributed by atoms with Gasteiger partial charge in [-0.05, 0) is 65.6 Å². The van der Waals surface area contributed by atoms with Gasteiger partial charge in [-0.15, -0.1) is 0 Å². The third-order valence-corrected chi connectivity index (χ3v) is 5.14. The second-order valence-electron chi connectivity index (χ2n) is 7.24. The van der Waals surface area contributed by atoms with Crippen LogP contribution in [0.15, 0.2) is 0 Å². The normalized spacial score (nSPS) is 24.7. The first-order valence-corrected chi connectivity index (χ1v) is 8.84. The first kappa shape index (κ1) is 17.5. The Morgan fingerprint density at radius 1 is 1.32 bits per heavy atom. The Labute approximate surface area is 135 Å². The number of urea groups is 1. The van der Waals surface area contributed by atoms with Gasteiger partial charge in [0.05, 0.1) is 6.61 Å². The average molecular weight is 311 g/mol. The molecule has 2 amide bonds. The first-order chi connectivity index (χ1) is 10.6. The lowest BCUT2D eigenvalue weighted by molar-refractivity contribution is 0.155. The Morgan fingerprint density at radius 3 is 2.64 bits per heavy atom. The number of carbonyl (C=O) groups excluding carboxylic acids is 1. The molecule has 0 unspecified atom stereocenters. The third kappa shape index (κ3) is 5.43. The molecule has 5 heteroatoms. The van der Waals surface area contributed by atoms with E-state index in [0.29, 0.717) is 5.92 Å². The van der Waals surface area contributed by atoms with Crippen LogP contribution in [0, 0.1) is 11.8 Å². The van der Waals surface area contributed by atoms with E-state index >= 15 is 0 Å². The van der Waals surface area contributed by atoms with E-state index < -0.39 is 0 Å². The SMILES string of the molecule is C[C@@H](NC(=O)N1CCC(CCCN(C)C)CC1)[C@H]1CCOC1. The van der Waals surface area contributed by atoms with Crippen LogP contribution < -0.4 is 5.32 Å². The lowest BCUT2D eigenvalue weighted by Gasteiger charge is -2.33. The number of amides is 2. The summed E-state index contributed by atoms with van der Waals surface area (Å²) in [6.07, 6.45) is 5.94. The number of piperidine rings is 1. The van der Waals surface area contributed by atoms with Crippen molar-refractivity contribution in [1.29, 1.82) is 0 Å². The first-order valence-electron chi connectivity index (χ1n) is 8.84. The van der Waals surface area contributed by atoms with Gasteiger partial charge in [0.25, 0.3) is 0 Å². The number of ether oxygens (including phenoxy) is 1. The molecule has 128 valence electrons. The second-order valence-corrected chi connectivity index (χ2v) is 7.24. The van der Waals surface area contributed by atoms with E-state index in [-0.39, 0.29) is 12.1 Å². The predicted molar refractivity (Wildman–Crippen MR) is 89.0 cm³/mol. The number of hydrogen-bond donors (Lipinski definition) is 1. The van der Waals surface area contributed by atoms with Gasteiger partial charge in [-0.3, -0.25) is 0 Å². The minimum atomic E-state index is 0.117. The number of hydrogen-bond acceptors (Lipinski definition) is 3. The Hall–Kier alpha value is -0.810. The highest BCUT2D eigenvalue weighted by atomic mass is 16.5. The van der Waals surface area contributed by atoms with E-state index in [1.807, 2.05) is 4.90 Å². The molecule has 0 aromatic heterocycles. The summed E-state index contributed by atoms with van der Waals surface area (Å²) in [6.45, 7) is 6.71. The van der Waals surface area contributed by atoms with Gasteiger partial charge in [0.2, 0.25) is 0 Å². The summed E-state index contributed by atoms with van der Waals surface area (Å²) < 4.78 is 5.41. The van der Waals surface area contributed by atoms with Crippen LogP contribution in [0.3, 0.4) is 0 Å². The summed E-state index contributed by atoms with van der Waals surface area (Å²) >= 11 is 0. The zero-order chi connectivity index (χ0) is 15.9. The summed E-state index contributed by atoms with van der Waals surface area (Å²) in [5, 5.41) is 3.16. The van der Waals surface area contributed by atoms with E-state index in [4.69, 9.17) is 4.74 Å². The third-order valence-electron chi connectivity index (χ3n) is 5.14. The lowest BCUT2D eigenvalue weighted by Crippen LogP contribution is -2.49. The molecule has 2 heterocycles. The highest BCUT2D eigenvalue weighted by Gasteiger charge is 2.27. The maximum absolute atomic E-state index is 12.3. The van der Waals surface area contributed by atoms with Crippen LogP contribution in [0.1, 0.15) is 39.0 Å². The monoisotopic (exact) mass is 311 g/mol. The van der Waals surface area contributed by atoms with Crippen molar-refractivity contribution in [1.82, 2.24) is 15.1 Å². The number of nitrogens with one attached hydrogen (secondary N) is 1. The van der Waals surface area contributed by atoms with Crippen LogP contribution >= 0.6 is 0 Å². The summed E-state index contributed by atoms with van der Waals surface area (Å²) in [5.74, 6) is 1.28. The standard InChI is InChI=1S/C17H33N3O2/c1-14(16-8-12-22-13-16)18-17(21)20-10-6-15(7-11-20)5-4-9-19(2)3/h14-16H,4-13H2,1-3H3,(H,18,21)/t14-,16+/m1/s1. The Bertz CT molecular complexity index is 335. The van der Waals surface area contributed by atoms with Crippen molar-refractivity contribution in [3.63, 3.8) is 0 Å². The molecule has 0 bridgehead atoms. The topological polar surface area (TPSA) is 44.8 Å². The van der Waals surface area contributed by atoms with Gasteiger partial charge in [0.1, 0.15) is 0 Å². The van der Waals surface area contributed by atoms with Gasteiger partial charge in [0, 0.05) is 31.7 Å².